The van der Waals surface area contributed by atoms with Gasteiger partial charge in [0, 0.05) is 12.1 Å². The van der Waals surface area contributed by atoms with Gasteiger partial charge in [0.2, 0.25) is 0 Å². The quantitative estimate of drug-likeness (QED) is 0.845. The van der Waals surface area contributed by atoms with Crippen molar-refractivity contribution >= 4 is 16.9 Å². The van der Waals surface area contributed by atoms with Crippen LogP contribution in [-0.2, 0) is 11.3 Å². The van der Waals surface area contributed by atoms with E-state index in [0.717, 1.165) is 0 Å². The highest BCUT2D eigenvalue weighted by atomic mass is 16.2. The van der Waals surface area contributed by atoms with Crippen LogP contribution in [0.25, 0.3) is 11.2 Å². The first-order chi connectivity index (χ1) is 9.75. The summed E-state index contributed by atoms with van der Waals surface area (Å²) in [4.78, 5) is 40.7. The number of Topliss-reactive ketones (excluding diaryl/α,β-unsaturated/α-hetero) is 1. The molecule has 0 saturated carbocycles. The van der Waals surface area contributed by atoms with Crippen molar-refractivity contribution in [3.8, 4) is 0 Å². The Morgan fingerprint density at radius 1 is 1.14 bits per heavy atom. The summed E-state index contributed by atoms with van der Waals surface area (Å²) in [6.07, 6.45) is 1.44. The average Bonchev–Trinajstić information content (AvgIpc) is 2.71. The zero-order valence-electron chi connectivity index (χ0n) is 13.0. The molecular weight excluding hydrogens is 272 g/mol. The van der Waals surface area contributed by atoms with Gasteiger partial charge in [-0.3, -0.25) is 18.7 Å². The van der Waals surface area contributed by atoms with Gasteiger partial charge in [-0.15, -0.1) is 0 Å². The minimum atomic E-state index is -0.402. The molecule has 0 atom stereocenters. The van der Waals surface area contributed by atoms with Gasteiger partial charge in [-0.05, 0) is 34.6 Å². The van der Waals surface area contributed by atoms with E-state index in [1.807, 2.05) is 13.8 Å². The first kappa shape index (κ1) is 15.2. The molecule has 21 heavy (non-hydrogen) atoms. The van der Waals surface area contributed by atoms with Crippen LogP contribution in [0.5, 0.6) is 0 Å². The Bertz CT molecular complexity index is 808. The van der Waals surface area contributed by atoms with Crippen LogP contribution in [0, 0.1) is 0 Å². The molecule has 7 nitrogen and oxygen atoms in total. The summed E-state index contributed by atoms with van der Waals surface area (Å²) >= 11 is 0. The Labute approximate surface area is 121 Å². The molecule has 0 fully saturated rings. The Morgan fingerprint density at radius 3 is 2.19 bits per heavy atom. The van der Waals surface area contributed by atoms with Gasteiger partial charge in [-0.2, -0.15) is 0 Å². The highest BCUT2D eigenvalue weighted by molar-refractivity contribution is 5.78. The van der Waals surface area contributed by atoms with Gasteiger partial charge in [0.05, 0.1) is 12.9 Å². The highest BCUT2D eigenvalue weighted by Crippen LogP contribution is 2.12. The van der Waals surface area contributed by atoms with Gasteiger partial charge in [0.25, 0.3) is 5.56 Å². The Hall–Kier alpha value is -2.18. The smallest absolute Gasteiger partial charge is 0.317 e. The number of rotatable bonds is 4. The van der Waals surface area contributed by atoms with Crippen molar-refractivity contribution in [1.29, 1.82) is 0 Å². The summed E-state index contributed by atoms with van der Waals surface area (Å²) in [6, 6.07) is -0.397. The van der Waals surface area contributed by atoms with Crippen LogP contribution in [0.1, 0.15) is 46.7 Å². The summed E-state index contributed by atoms with van der Waals surface area (Å²) in [5.74, 6) is -0.0768. The second kappa shape index (κ2) is 5.31. The number of nitrogens with zero attached hydrogens (tertiary/aromatic N) is 4. The van der Waals surface area contributed by atoms with E-state index in [9.17, 15) is 14.4 Å². The molecule has 7 heteroatoms. The maximum atomic E-state index is 12.6. The molecule has 0 bridgehead atoms. The second-order valence-electron chi connectivity index (χ2n) is 5.76. The van der Waals surface area contributed by atoms with Gasteiger partial charge in [-0.25, -0.2) is 9.78 Å². The molecule has 0 saturated heterocycles. The molecule has 114 valence electrons. The molecule has 0 amide bonds. The first-order valence-electron chi connectivity index (χ1n) is 6.97. The lowest BCUT2D eigenvalue weighted by Gasteiger charge is -2.16. The molecule has 0 aliphatic heterocycles. The molecule has 2 heterocycles. The SMILES string of the molecule is CC(=O)Cn1cnc2c1c(=O)n(C(C)C)c(=O)n2C(C)C. The van der Waals surface area contributed by atoms with Crippen molar-refractivity contribution in [3.63, 3.8) is 0 Å². The maximum Gasteiger partial charge on any atom is 0.333 e. The molecule has 2 rings (SSSR count). The van der Waals surface area contributed by atoms with Crippen molar-refractivity contribution in [2.75, 3.05) is 0 Å². The molecule has 0 radical (unpaired) electrons. The third kappa shape index (κ3) is 2.43. The summed E-state index contributed by atoms with van der Waals surface area (Å²) in [5.41, 5.74) is -0.142. The monoisotopic (exact) mass is 292 g/mol. The molecule has 0 unspecified atom stereocenters. The van der Waals surface area contributed by atoms with Crippen molar-refractivity contribution in [3.05, 3.63) is 27.2 Å². The number of aromatic nitrogens is 4. The van der Waals surface area contributed by atoms with E-state index in [2.05, 4.69) is 4.98 Å². The number of imidazole rings is 1. The molecule has 2 aromatic rings. The number of hydrogen-bond acceptors (Lipinski definition) is 4. The van der Waals surface area contributed by atoms with Crippen molar-refractivity contribution in [2.24, 2.45) is 0 Å². The lowest BCUT2D eigenvalue weighted by molar-refractivity contribution is -0.117. The number of ketones is 1. The van der Waals surface area contributed by atoms with Crippen molar-refractivity contribution in [1.82, 2.24) is 18.7 Å². The molecule has 0 aliphatic rings. The lowest BCUT2D eigenvalue weighted by Crippen LogP contribution is -2.42. The zero-order valence-corrected chi connectivity index (χ0v) is 13.0. The fourth-order valence-electron chi connectivity index (χ4n) is 2.45. The van der Waals surface area contributed by atoms with Crippen LogP contribution >= 0.6 is 0 Å². The average molecular weight is 292 g/mol. The van der Waals surface area contributed by atoms with E-state index in [4.69, 9.17) is 0 Å². The molecule has 0 N–H and O–H groups in total. The van der Waals surface area contributed by atoms with Crippen LogP contribution in [-0.4, -0.2) is 24.5 Å². The standard InChI is InChI=1S/C14H20N4O3/c1-8(2)17-12-11(16(7-15-12)6-10(5)19)13(20)18(9(3)4)14(17)21/h7-9H,6H2,1-5H3. The van der Waals surface area contributed by atoms with Gasteiger partial charge >= 0.3 is 5.69 Å². The van der Waals surface area contributed by atoms with E-state index >= 15 is 0 Å². The largest absolute Gasteiger partial charge is 0.333 e. The minimum absolute atomic E-state index is 0.0696. The summed E-state index contributed by atoms with van der Waals surface area (Å²) in [6.45, 7) is 8.81. The van der Waals surface area contributed by atoms with Crippen molar-refractivity contribution < 1.29 is 4.79 Å². The Kier molecular flexibility index (Phi) is 3.85. The molecule has 0 aliphatic carbocycles. The molecule has 2 aromatic heterocycles. The number of fused-ring (bicyclic) bond motifs is 1. The van der Waals surface area contributed by atoms with Gasteiger partial charge in [0.1, 0.15) is 5.78 Å². The minimum Gasteiger partial charge on any atom is -0.317 e. The van der Waals surface area contributed by atoms with E-state index in [0.29, 0.717) is 11.2 Å². The van der Waals surface area contributed by atoms with Crippen LogP contribution in [0.15, 0.2) is 15.9 Å². The number of carbonyl (C=O) groups is 1. The Balaban J connectivity index is 2.97. The predicted molar refractivity (Wildman–Crippen MR) is 79.7 cm³/mol. The third-order valence-corrected chi connectivity index (χ3v) is 3.31. The van der Waals surface area contributed by atoms with Gasteiger partial charge in [0.15, 0.2) is 11.2 Å². The summed E-state index contributed by atoms with van der Waals surface area (Å²) in [5, 5.41) is 0. The summed E-state index contributed by atoms with van der Waals surface area (Å²) in [7, 11) is 0. The predicted octanol–water partition coefficient (Wildman–Crippen LogP) is 1.11. The first-order valence-corrected chi connectivity index (χ1v) is 6.97. The molecule has 0 spiro atoms. The molecule has 0 aromatic carbocycles. The summed E-state index contributed by atoms with van der Waals surface area (Å²) < 4.78 is 4.21. The fourth-order valence-corrected chi connectivity index (χ4v) is 2.45. The fraction of sp³-hybridized carbons (Fsp3) is 0.571. The maximum absolute atomic E-state index is 12.6. The topological polar surface area (TPSA) is 78.9 Å². The van der Waals surface area contributed by atoms with Crippen LogP contribution in [0.2, 0.25) is 0 Å². The van der Waals surface area contributed by atoms with Crippen LogP contribution in [0.4, 0.5) is 0 Å². The second-order valence-corrected chi connectivity index (χ2v) is 5.76. The van der Waals surface area contributed by atoms with Gasteiger partial charge in [-0.1, -0.05) is 0 Å². The number of carbonyl (C=O) groups excluding carboxylic acids is 1. The van der Waals surface area contributed by atoms with E-state index in [1.54, 1.807) is 13.8 Å². The number of hydrogen-bond donors (Lipinski definition) is 0. The molecular formula is C14H20N4O3. The lowest BCUT2D eigenvalue weighted by atomic mass is 10.3. The van der Waals surface area contributed by atoms with Crippen LogP contribution < -0.4 is 11.2 Å². The van der Waals surface area contributed by atoms with E-state index in [1.165, 1.54) is 27.0 Å². The van der Waals surface area contributed by atoms with Crippen LogP contribution in [0.3, 0.4) is 0 Å². The van der Waals surface area contributed by atoms with Crippen molar-refractivity contribution in [2.45, 2.75) is 53.2 Å². The Morgan fingerprint density at radius 2 is 1.71 bits per heavy atom. The third-order valence-electron chi connectivity index (χ3n) is 3.31. The van der Waals surface area contributed by atoms with E-state index in [-0.39, 0.29) is 30.1 Å². The normalized spacial score (nSPS) is 11.8. The zero-order chi connectivity index (χ0) is 15.9. The highest BCUT2D eigenvalue weighted by Gasteiger charge is 2.21. The van der Waals surface area contributed by atoms with E-state index < -0.39 is 5.56 Å². The van der Waals surface area contributed by atoms with Gasteiger partial charge < -0.3 is 4.57 Å².